The lowest BCUT2D eigenvalue weighted by atomic mass is 10.1. The van der Waals surface area contributed by atoms with Gasteiger partial charge in [0.25, 0.3) is 0 Å². The van der Waals surface area contributed by atoms with Gasteiger partial charge >= 0.3 is 0 Å². The molecule has 4 nitrogen and oxygen atoms in total. The maximum absolute atomic E-state index is 4.56. The van der Waals surface area contributed by atoms with Crippen molar-refractivity contribution in [1.82, 2.24) is 20.0 Å². The molecule has 4 heteroatoms. The number of hydrogen-bond donors (Lipinski definition) is 1. The van der Waals surface area contributed by atoms with Gasteiger partial charge in [-0.15, -0.1) is 0 Å². The first kappa shape index (κ1) is 13.1. The van der Waals surface area contributed by atoms with E-state index < -0.39 is 0 Å². The topological polar surface area (TPSA) is 33.1 Å². The second kappa shape index (κ2) is 5.25. The van der Waals surface area contributed by atoms with E-state index >= 15 is 0 Å². The van der Waals surface area contributed by atoms with Crippen molar-refractivity contribution >= 4 is 0 Å². The van der Waals surface area contributed by atoms with Crippen LogP contribution in [0.5, 0.6) is 0 Å². The van der Waals surface area contributed by atoms with E-state index in [1.54, 1.807) is 0 Å². The van der Waals surface area contributed by atoms with Gasteiger partial charge in [-0.05, 0) is 45.6 Å². The largest absolute Gasteiger partial charge is 0.311 e. The van der Waals surface area contributed by atoms with Crippen molar-refractivity contribution in [3.05, 3.63) is 17.5 Å². The maximum Gasteiger partial charge on any atom is 0.0597 e. The van der Waals surface area contributed by atoms with Crippen LogP contribution in [0.25, 0.3) is 0 Å². The van der Waals surface area contributed by atoms with Crippen molar-refractivity contribution in [3.8, 4) is 0 Å². The van der Waals surface area contributed by atoms with Crippen LogP contribution in [0, 0.1) is 12.8 Å². The molecule has 2 fully saturated rings. The lowest BCUT2D eigenvalue weighted by molar-refractivity contribution is 0.122. The minimum Gasteiger partial charge on any atom is -0.311 e. The fraction of sp³-hybridized carbons (Fsp3) is 0.800. The molecule has 0 bridgehead atoms. The standard InChI is InChI=1S/C15H26N4/c1-4-19-14(7-11(2)17-19)9-18-10-15(13-5-6-13)16-8-12(18)3/h7,12-13,15-16H,4-6,8-10H2,1-3H3. The summed E-state index contributed by atoms with van der Waals surface area (Å²) >= 11 is 0. The van der Waals surface area contributed by atoms with Gasteiger partial charge in [-0.25, -0.2) is 0 Å². The molecule has 106 valence electrons. The molecule has 2 unspecified atom stereocenters. The SMILES string of the molecule is CCn1nc(C)cc1CN1CC(C2CC2)NCC1C. The van der Waals surface area contributed by atoms with E-state index in [9.17, 15) is 0 Å². The molecule has 0 radical (unpaired) electrons. The quantitative estimate of drug-likeness (QED) is 0.898. The minimum atomic E-state index is 0.621. The zero-order valence-corrected chi connectivity index (χ0v) is 12.4. The van der Waals surface area contributed by atoms with Crippen molar-refractivity contribution in [2.45, 2.75) is 58.8 Å². The Morgan fingerprint density at radius 1 is 1.42 bits per heavy atom. The third-order valence-corrected chi connectivity index (χ3v) is 4.57. The molecule has 0 spiro atoms. The summed E-state index contributed by atoms with van der Waals surface area (Å²) in [6, 6.07) is 3.58. The maximum atomic E-state index is 4.56. The molecular weight excluding hydrogens is 236 g/mol. The Morgan fingerprint density at radius 3 is 2.89 bits per heavy atom. The smallest absolute Gasteiger partial charge is 0.0597 e. The van der Waals surface area contributed by atoms with E-state index in [0.29, 0.717) is 6.04 Å². The van der Waals surface area contributed by atoms with Crippen LogP contribution in [0.3, 0.4) is 0 Å². The average Bonchev–Trinajstić information content (AvgIpc) is 3.17. The lowest BCUT2D eigenvalue weighted by Gasteiger charge is -2.39. The summed E-state index contributed by atoms with van der Waals surface area (Å²) in [6.07, 6.45) is 2.85. The summed E-state index contributed by atoms with van der Waals surface area (Å²) in [4.78, 5) is 2.63. The third-order valence-electron chi connectivity index (χ3n) is 4.57. The van der Waals surface area contributed by atoms with E-state index in [2.05, 4.69) is 46.8 Å². The molecule has 1 N–H and O–H groups in total. The second-order valence-corrected chi connectivity index (χ2v) is 6.22. The molecule has 2 aliphatic rings. The zero-order valence-electron chi connectivity index (χ0n) is 12.4. The van der Waals surface area contributed by atoms with Crippen LogP contribution in [-0.2, 0) is 13.1 Å². The van der Waals surface area contributed by atoms with Gasteiger partial charge in [0.2, 0.25) is 0 Å². The summed E-state index contributed by atoms with van der Waals surface area (Å²) < 4.78 is 2.15. The number of nitrogens with one attached hydrogen (secondary N) is 1. The van der Waals surface area contributed by atoms with Crippen LogP contribution in [0.2, 0.25) is 0 Å². The Hall–Kier alpha value is -0.870. The van der Waals surface area contributed by atoms with E-state index in [1.807, 2.05) is 0 Å². The number of nitrogens with zero attached hydrogens (tertiary/aromatic N) is 3. The van der Waals surface area contributed by atoms with E-state index in [-0.39, 0.29) is 0 Å². The Bertz CT molecular complexity index is 435. The number of rotatable bonds is 4. The van der Waals surface area contributed by atoms with Gasteiger partial charge in [0, 0.05) is 38.3 Å². The normalized spacial score (nSPS) is 28.8. The molecule has 1 saturated heterocycles. The van der Waals surface area contributed by atoms with Gasteiger partial charge in [-0.1, -0.05) is 0 Å². The highest BCUT2D eigenvalue weighted by Crippen LogP contribution is 2.34. The van der Waals surface area contributed by atoms with E-state index in [4.69, 9.17) is 0 Å². The highest BCUT2D eigenvalue weighted by molar-refractivity contribution is 5.09. The van der Waals surface area contributed by atoms with Crippen molar-refractivity contribution in [1.29, 1.82) is 0 Å². The Kier molecular flexibility index (Phi) is 3.63. The van der Waals surface area contributed by atoms with Crippen LogP contribution in [-0.4, -0.2) is 39.9 Å². The van der Waals surface area contributed by atoms with Gasteiger partial charge in [-0.3, -0.25) is 9.58 Å². The van der Waals surface area contributed by atoms with E-state index in [0.717, 1.165) is 37.3 Å². The second-order valence-electron chi connectivity index (χ2n) is 6.22. The molecular formula is C15H26N4. The first-order valence-electron chi connectivity index (χ1n) is 7.68. The number of hydrogen-bond acceptors (Lipinski definition) is 3. The van der Waals surface area contributed by atoms with Gasteiger partial charge in [0.15, 0.2) is 0 Å². The zero-order chi connectivity index (χ0) is 13.4. The van der Waals surface area contributed by atoms with Crippen LogP contribution < -0.4 is 5.32 Å². The molecule has 2 heterocycles. The summed E-state index contributed by atoms with van der Waals surface area (Å²) in [5, 5.41) is 8.28. The van der Waals surface area contributed by atoms with Crippen LogP contribution in [0.4, 0.5) is 0 Å². The average molecular weight is 262 g/mol. The third kappa shape index (κ3) is 2.84. The fourth-order valence-electron chi connectivity index (χ4n) is 3.19. The van der Waals surface area contributed by atoms with Gasteiger partial charge in [0.1, 0.15) is 0 Å². The molecule has 19 heavy (non-hydrogen) atoms. The molecule has 1 aromatic heterocycles. The van der Waals surface area contributed by atoms with Crippen LogP contribution >= 0.6 is 0 Å². The molecule has 0 amide bonds. The number of piperazine rings is 1. The molecule has 3 rings (SSSR count). The molecule has 0 aromatic carbocycles. The van der Waals surface area contributed by atoms with Gasteiger partial charge < -0.3 is 5.32 Å². The van der Waals surface area contributed by atoms with Crippen molar-refractivity contribution < 1.29 is 0 Å². The molecule has 1 aliphatic carbocycles. The highest BCUT2D eigenvalue weighted by atomic mass is 15.3. The molecule has 1 aliphatic heterocycles. The van der Waals surface area contributed by atoms with Crippen LogP contribution in [0.1, 0.15) is 38.1 Å². The minimum absolute atomic E-state index is 0.621. The molecule has 2 atom stereocenters. The molecule has 1 saturated carbocycles. The highest BCUT2D eigenvalue weighted by Gasteiger charge is 2.36. The fourth-order valence-corrected chi connectivity index (χ4v) is 3.19. The Labute approximate surface area is 116 Å². The predicted molar refractivity (Wildman–Crippen MR) is 77.0 cm³/mol. The monoisotopic (exact) mass is 262 g/mol. The predicted octanol–water partition coefficient (Wildman–Crippen LogP) is 1.78. The Balaban J connectivity index is 1.69. The number of aromatic nitrogens is 2. The Morgan fingerprint density at radius 2 is 2.21 bits per heavy atom. The van der Waals surface area contributed by atoms with Crippen molar-refractivity contribution in [2.24, 2.45) is 5.92 Å². The summed E-state index contributed by atoms with van der Waals surface area (Å²) in [5.74, 6) is 0.938. The summed E-state index contributed by atoms with van der Waals surface area (Å²) in [6.45, 7) is 10.9. The number of aryl methyl sites for hydroxylation is 2. The van der Waals surface area contributed by atoms with Gasteiger partial charge in [0.05, 0.1) is 11.4 Å². The van der Waals surface area contributed by atoms with Crippen molar-refractivity contribution in [3.63, 3.8) is 0 Å². The van der Waals surface area contributed by atoms with Crippen LogP contribution in [0.15, 0.2) is 6.07 Å². The molecule has 1 aromatic rings. The van der Waals surface area contributed by atoms with Crippen molar-refractivity contribution in [2.75, 3.05) is 13.1 Å². The first-order valence-corrected chi connectivity index (χ1v) is 7.68. The first-order chi connectivity index (χ1) is 9.17. The van der Waals surface area contributed by atoms with E-state index in [1.165, 1.54) is 25.1 Å². The van der Waals surface area contributed by atoms with Gasteiger partial charge in [-0.2, -0.15) is 5.10 Å². The summed E-state index contributed by atoms with van der Waals surface area (Å²) in [7, 11) is 0. The lowest BCUT2D eigenvalue weighted by Crippen LogP contribution is -2.55. The summed E-state index contributed by atoms with van der Waals surface area (Å²) in [5.41, 5.74) is 2.50.